The van der Waals surface area contributed by atoms with E-state index in [0.29, 0.717) is 12.2 Å². The number of rotatable bonds is 6. The van der Waals surface area contributed by atoms with Gasteiger partial charge in [-0.3, -0.25) is 4.79 Å². The number of hydrogen-bond donors (Lipinski definition) is 3. The molecule has 0 saturated carbocycles. The van der Waals surface area contributed by atoms with E-state index >= 15 is 0 Å². The fraction of sp³-hybridized carbons (Fsp3) is 0.500. The molecule has 1 unspecified atom stereocenters. The van der Waals surface area contributed by atoms with Gasteiger partial charge in [-0.2, -0.15) is 0 Å². The summed E-state index contributed by atoms with van der Waals surface area (Å²) in [4.78, 5) is 12.1. The fourth-order valence-electron chi connectivity index (χ4n) is 2.17. The molecule has 6 nitrogen and oxygen atoms in total. The highest BCUT2D eigenvalue weighted by Crippen LogP contribution is 2.15. The Kier molecular flexibility index (Phi) is 7.28. The van der Waals surface area contributed by atoms with Crippen molar-refractivity contribution in [2.75, 3.05) is 18.4 Å². The van der Waals surface area contributed by atoms with Crippen molar-refractivity contribution in [2.45, 2.75) is 37.1 Å². The summed E-state index contributed by atoms with van der Waals surface area (Å²) in [5.74, 6) is -0.0767. The maximum absolute atomic E-state index is 11.9. The molecule has 1 fully saturated rings. The Labute approximate surface area is 137 Å². The zero-order chi connectivity index (χ0) is 15.3. The van der Waals surface area contributed by atoms with Crippen molar-refractivity contribution in [3.8, 4) is 0 Å². The predicted octanol–water partition coefficient (Wildman–Crippen LogP) is 1.49. The SMILES string of the molecule is CCCNS(=O)(=O)c1ccc(NC(=O)C2CCCN2)cc1.Cl. The highest BCUT2D eigenvalue weighted by Gasteiger charge is 2.22. The van der Waals surface area contributed by atoms with Gasteiger partial charge < -0.3 is 10.6 Å². The molecule has 1 aromatic carbocycles. The Morgan fingerprint density at radius 3 is 2.55 bits per heavy atom. The third-order valence-corrected chi connectivity index (χ3v) is 4.83. The fourth-order valence-corrected chi connectivity index (χ4v) is 3.31. The first-order valence-electron chi connectivity index (χ1n) is 7.17. The third-order valence-electron chi connectivity index (χ3n) is 3.35. The van der Waals surface area contributed by atoms with Crippen LogP contribution in [0.4, 0.5) is 5.69 Å². The molecule has 1 atom stereocenters. The van der Waals surface area contributed by atoms with Crippen LogP contribution in [0, 0.1) is 0 Å². The minimum absolute atomic E-state index is 0. The molecular weight excluding hydrogens is 326 g/mol. The molecule has 1 saturated heterocycles. The van der Waals surface area contributed by atoms with E-state index in [-0.39, 0.29) is 29.3 Å². The van der Waals surface area contributed by atoms with Gasteiger partial charge >= 0.3 is 0 Å². The largest absolute Gasteiger partial charge is 0.325 e. The lowest BCUT2D eigenvalue weighted by molar-refractivity contribution is -0.117. The van der Waals surface area contributed by atoms with E-state index in [0.717, 1.165) is 25.8 Å². The molecular formula is C14H22ClN3O3S. The molecule has 0 aromatic heterocycles. The number of nitrogens with one attached hydrogen (secondary N) is 3. The van der Waals surface area contributed by atoms with Crippen molar-refractivity contribution in [3.63, 3.8) is 0 Å². The van der Waals surface area contributed by atoms with Crippen molar-refractivity contribution in [3.05, 3.63) is 24.3 Å². The van der Waals surface area contributed by atoms with E-state index < -0.39 is 10.0 Å². The number of sulfonamides is 1. The lowest BCUT2D eigenvalue weighted by Crippen LogP contribution is -2.35. The molecule has 0 radical (unpaired) electrons. The van der Waals surface area contributed by atoms with Gasteiger partial charge in [-0.25, -0.2) is 13.1 Å². The maximum atomic E-state index is 11.9. The lowest BCUT2D eigenvalue weighted by Gasteiger charge is -2.11. The molecule has 1 aliphatic rings. The van der Waals surface area contributed by atoms with Crippen LogP contribution in [-0.2, 0) is 14.8 Å². The van der Waals surface area contributed by atoms with Crippen LogP contribution in [0.3, 0.4) is 0 Å². The normalized spacial score (nSPS) is 17.8. The first kappa shape index (κ1) is 18.9. The summed E-state index contributed by atoms with van der Waals surface area (Å²) in [6, 6.07) is 6.05. The van der Waals surface area contributed by atoms with Gasteiger partial charge in [0.25, 0.3) is 0 Å². The second-order valence-electron chi connectivity index (χ2n) is 5.06. The summed E-state index contributed by atoms with van der Waals surface area (Å²) in [5, 5.41) is 5.91. The summed E-state index contributed by atoms with van der Waals surface area (Å²) in [7, 11) is -3.46. The number of carbonyl (C=O) groups excluding carboxylic acids is 1. The van der Waals surface area contributed by atoms with Gasteiger partial charge in [-0.15, -0.1) is 12.4 Å². The van der Waals surface area contributed by atoms with Crippen LogP contribution in [-0.4, -0.2) is 33.5 Å². The minimum Gasteiger partial charge on any atom is -0.325 e. The van der Waals surface area contributed by atoms with Crippen LogP contribution >= 0.6 is 12.4 Å². The number of anilines is 1. The maximum Gasteiger partial charge on any atom is 0.241 e. The summed E-state index contributed by atoms with van der Waals surface area (Å²) in [5.41, 5.74) is 0.600. The Morgan fingerprint density at radius 2 is 2.00 bits per heavy atom. The van der Waals surface area contributed by atoms with E-state index in [1.165, 1.54) is 12.1 Å². The Hall–Kier alpha value is -1.15. The molecule has 1 aliphatic heterocycles. The lowest BCUT2D eigenvalue weighted by atomic mass is 10.2. The highest BCUT2D eigenvalue weighted by molar-refractivity contribution is 7.89. The smallest absolute Gasteiger partial charge is 0.241 e. The molecule has 124 valence electrons. The number of benzene rings is 1. The zero-order valence-electron chi connectivity index (χ0n) is 12.5. The monoisotopic (exact) mass is 347 g/mol. The molecule has 0 spiro atoms. The molecule has 1 heterocycles. The summed E-state index contributed by atoms with van der Waals surface area (Å²) in [6.45, 7) is 3.17. The van der Waals surface area contributed by atoms with E-state index in [4.69, 9.17) is 0 Å². The molecule has 0 aliphatic carbocycles. The molecule has 2 rings (SSSR count). The first-order valence-corrected chi connectivity index (χ1v) is 8.65. The van der Waals surface area contributed by atoms with Crippen LogP contribution in [0.2, 0.25) is 0 Å². The molecule has 3 N–H and O–H groups in total. The summed E-state index contributed by atoms with van der Waals surface area (Å²) in [6.07, 6.45) is 2.57. The molecule has 0 bridgehead atoms. The van der Waals surface area contributed by atoms with E-state index in [1.807, 2.05) is 6.92 Å². The predicted molar refractivity (Wildman–Crippen MR) is 88.8 cm³/mol. The number of amides is 1. The van der Waals surface area contributed by atoms with Crippen LogP contribution in [0.5, 0.6) is 0 Å². The van der Waals surface area contributed by atoms with Gasteiger partial charge in [0.1, 0.15) is 0 Å². The van der Waals surface area contributed by atoms with E-state index in [1.54, 1.807) is 12.1 Å². The first-order chi connectivity index (χ1) is 10.0. The summed E-state index contributed by atoms with van der Waals surface area (Å²) < 4.78 is 26.4. The highest BCUT2D eigenvalue weighted by atomic mass is 35.5. The zero-order valence-corrected chi connectivity index (χ0v) is 14.1. The topological polar surface area (TPSA) is 87.3 Å². The van der Waals surface area contributed by atoms with Crippen LogP contribution in [0.25, 0.3) is 0 Å². The van der Waals surface area contributed by atoms with Gasteiger partial charge in [-0.1, -0.05) is 6.92 Å². The summed E-state index contributed by atoms with van der Waals surface area (Å²) >= 11 is 0. The van der Waals surface area contributed by atoms with Gasteiger partial charge in [0.05, 0.1) is 10.9 Å². The van der Waals surface area contributed by atoms with Crippen LogP contribution < -0.4 is 15.4 Å². The van der Waals surface area contributed by atoms with E-state index in [2.05, 4.69) is 15.4 Å². The molecule has 8 heteroatoms. The number of hydrogen-bond acceptors (Lipinski definition) is 4. The van der Waals surface area contributed by atoms with Gasteiger partial charge in [0, 0.05) is 12.2 Å². The van der Waals surface area contributed by atoms with Gasteiger partial charge in [0.2, 0.25) is 15.9 Å². The standard InChI is InChI=1S/C14H21N3O3S.ClH/c1-2-9-16-21(19,20)12-7-5-11(6-8-12)17-14(18)13-4-3-10-15-13;/h5-8,13,15-16H,2-4,9-10H2,1H3,(H,17,18);1H. The number of halogens is 1. The van der Waals surface area contributed by atoms with Gasteiger partial charge in [0.15, 0.2) is 0 Å². The second kappa shape index (κ2) is 8.47. The Morgan fingerprint density at radius 1 is 1.32 bits per heavy atom. The third kappa shape index (κ3) is 4.95. The Bertz CT molecular complexity index is 584. The van der Waals surface area contributed by atoms with Crippen molar-refractivity contribution < 1.29 is 13.2 Å². The average molecular weight is 348 g/mol. The van der Waals surface area contributed by atoms with Crippen molar-refractivity contribution in [2.24, 2.45) is 0 Å². The second-order valence-corrected chi connectivity index (χ2v) is 6.83. The van der Waals surface area contributed by atoms with Gasteiger partial charge in [-0.05, 0) is 50.1 Å². The molecule has 22 heavy (non-hydrogen) atoms. The van der Waals surface area contributed by atoms with Crippen molar-refractivity contribution in [1.82, 2.24) is 10.0 Å². The Balaban J connectivity index is 0.00000242. The number of carbonyl (C=O) groups is 1. The molecule has 1 amide bonds. The quantitative estimate of drug-likeness (QED) is 0.727. The van der Waals surface area contributed by atoms with Crippen molar-refractivity contribution >= 4 is 34.0 Å². The van der Waals surface area contributed by atoms with Crippen LogP contribution in [0.1, 0.15) is 26.2 Å². The van der Waals surface area contributed by atoms with Crippen LogP contribution in [0.15, 0.2) is 29.2 Å². The van der Waals surface area contributed by atoms with E-state index in [9.17, 15) is 13.2 Å². The van der Waals surface area contributed by atoms with Crippen molar-refractivity contribution in [1.29, 1.82) is 0 Å². The average Bonchev–Trinajstić information content (AvgIpc) is 3.00. The molecule has 1 aromatic rings. The minimum atomic E-state index is -3.46.